The lowest BCUT2D eigenvalue weighted by atomic mass is 10.3. The second-order valence-electron chi connectivity index (χ2n) is 4.32. The Morgan fingerprint density at radius 1 is 1.42 bits per heavy atom. The van der Waals surface area contributed by atoms with E-state index in [1.807, 2.05) is 19.0 Å². The maximum Gasteiger partial charge on any atom is 0.322 e. The minimum Gasteiger partial charge on any atom is -0.480 e. The number of carbonyl (C=O) groups is 2. The highest BCUT2D eigenvalue weighted by Gasteiger charge is 2.12. The van der Waals surface area contributed by atoms with Crippen LogP contribution in [-0.4, -0.2) is 69.3 Å². The normalized spacial score (nSPS) is 10.7. The van der Waals surface area contributed by atoms with Crippen molar-refractivity contribution in [3.63, 3.8) is 0 Å². The summed E-state index contributed by atoms with van der Waals surface area (Å²) in [5.41, 5.74) is 0. The molecular weight excluding hydrogens is 252 g/mol. The van der Waals surface area contributed by atoms with E-state index in [0.29, 0.717) is 12.4 Å². The average Bonchev–Trinajstić information content (AvgIpc) is 2.74. The standard InChI is InChI=1S/C10H18N6O3/c1-15(2)4-3-5-16-8(12-13-14-16)6-9(17)11-7-10(18)19/h3-7H2,1-2H3,(H,11,17)(H,18,19). The van der Waals surface area contributed by atoms with Crippen LogP contribution in [0.15, 0.2) is 0 Å². The predicted molar refractivity (Wildman–Crippen MR) is 65.3 cm³/mol. The number of amides is 1. The molecule has 1 aromatic rings. The first-order valence-electron chi connectivity index (χ1n) is 5.87. The summed E-state index contributed by atoms with van der Waals surface area (Å²) in [4.78, 5) is 23.8. The number of hydrogen-bond donors (Lipinski definition) is 2. The fraction of sp³-hybridized carbons (Fsp3) is 0.700. The third-order valence-electron chi connectivity index (χ3n) is 2.34. The molecule has 1 rings (SSSR count). The number of aryl methyl sites for hydroxylation is 1. The molecule has 0 bridgehead atoms. The van der Waals surface area contributed by atoms with Gasteiger partial charge in [-0.25, -0.2) is 4.68 Å². The van der Waals surface area contributed by atoms with Crippen LogP contribution in [0.2, 0.25) is 0 Å². The number of hydrogen-bond acceptors (Lipinski definition) is 6. The molecule has 0 aromatic carbocycles. The lowest BCUT2D eigenvalue weighted by molar-refractivity contribution is -0.137. The second kappa shape index (κ2) is 7.41. The third-order valence-corrected chi connectivity index (χ3v) is 2.34. The molecule has 0 unspecified atom stereocenters. The van der Waals surface area contributed by atoms with Gasteiger partial charge in [-0.1, -0.05) is 0 Å². The van der Waals surface area contributed by atoms with Crippen LogP contribution in [0.4, 0.5) is 0 Å². The zero-order valence-electron chi connectivity index (χ0n) is 11.0. The van der Waals surface area contributed by atoms with Crippen molar-refractivity contribution in [1.29, 1.82) is 0 Å². The first-order chi connectivity index (χ1) is 8.99. The summed E-state index contributed by atoms with van der Waals surface area (Å²) < 4.78 is 1.56. The van der Waals surface area contributed by atoms with Gasteiger partial charge in [-0.3, -0.25) is 9.59 Å². The van der Waals surface area contributed by atoms with Gasteiger partial charge < -0.3 is 15.3 Å². The molecule has 0 saturated carbocycles. The third kappa shape index (κ3) is 5.91. The summed E-state index contributed by atoms with van der Waals surface area (Å²) in [5.74, 6) is -1.06. The monoisotopic (exact) mass is 270 g/mol. The summed E-state index contributed by atoms with van der Waals surface area (Å²) in [6, 6.07) is 0. The Morgan fingerprint density at radius 2 is 2.16 bits per heavy atom. The van der Waals surface area contributed by atoms with E-state index < -0.39 is 18.4 Å². The van der Waals surface area contributed by atoms with Crippen molar-refractivity contribution in [1.82, 2.24) is 30.4 Å². The molecule has 106 valence electrons. The molecule has 0 aliphatic heterocycles. The van der Waals surface area contributed by atoms with E-state index in [-0.39, 0.29) is 6.42 Å². The maximum absolute atomic E-state index is 11.5. The van der Waals surface area contributed by atoms with Crippen molar-refractivity contribution in [2.45, 2.75) is 19.4 Å². The SMILES string of the molecule is CN(C)CCCn1nnnc1CC(=O)NCC(=O)O. The van der Waals surface area contributed by atoms with Gasteiger partial charge in [0, 0.05) is 6.54 Å². The smallest absolute Gasteiger partial charge is 0.322 e. The average molecular weight is 270 g/mol. The lowest BCUT2D eigenvalue weighted by Gasteiger charge is -2.09. The summed E-state index contributed by atoms with van der Waals surface area (Å²) >= 11 is 0. The number of rotatable bonds is 8. The van der Waals surface area contributed by atoms with Crippen LogP contribution in [0, 0.1) is 0 Å². The molecule has 1 aromatic heterocycles. The molecule has 0 radical (unpaired) electrons. The predicted octanol–water partition coefficient (Wildman–Crippen LogP) is -1.63. The van der Waals surface area contributed by atoms with Crippen LogP contribution in [0.1, 0.15) is 12.2 Å². The summed E-state index contributed by atoms with van der Waals surface area (Å²) in [7, 11) is 3.94. The minimum atomic E-state index is -1.08. The molecule has 0 aliphatic rings. The van der Waals surface area contributed by atoms with Crippen molar-refractivity contribution in [3.05, 3.63) is 5.82 Å². The van der Waals surface area contributed by atoms with E-state index in [0.717, 1.165) is 13.0 Å². The zero-order chi connectivity index (χ0) is 14.3. The summed E-state index contributed by atoms with van der Waals surface area (Å²) in [6.45, 7) is 1.11. The first kappa shape index (κ1) is 15.0. The molecule has 0 aliphatic carbocycles. The number of aromatic nitrogens is 4. The Hall–Kier alpha value is -2.03. The number of aliphatic carboxylic acids is 1. The van der Waals surface area contributed by atoms with Crippen molar-refractivity contribution in [2.24, 2.45) is 0 Å². The number of tetrazole rings is 1. The van der Waals surface area contributed by atoms with Gasteiger partial charge in [-0.05, 0) is 37.5 Å². The van der Waals surface area contributed by atoms with E-state index in [1.54, 1.807) is 4.68 Å². The molecule has 0 fully saturated rings. The quantitative estimate of drug-likeness (QED) is 0.583. The van der Waals surface area contributed by atoms with Gasteiger partial charge in [-0.15, -0.1) is 5.10 Å². The minimum absolute atomic E-state index is 0.0256. The number of carboxylic acids is 1. The van der Waals surface area contributed by atoms with Gasteiger partial charge in [0.15, 0.2) is 5.82 Å². The zero-order valence-corrected chi connectivity index (χ0v) is 11.0. The number of nitrogens with one attached hydrogen (secondary N) is 1. The van der Waals surface area contributed by atoms with Crippen molar-refractivity contribution in [3.8, 4) is 0 Å². The van der Waals surface area contributed by atoms with Crippen molar-refractivity contribution >= 4 is 11.9 Å². The van der Waals surface area contributed by atoms with Crippen molar-refractivity contribution < 1.29 is 14.7 Å². The molecule has 9 heteroatoms. The highest BCUT2D eigenvalue weighted by molar-refractivity contribution is 5.82. The fourth-order valence-corrected chi connectivity index (χ4v) is 1.44. The Bertz CT molecular complexity index is 431. The fourth-order valence-electron chi connectivity index (χ4n) is 1.44. The molecular formula is C10H18N6O3. The number of nitrogens with zero attached hydrogens (tertiary/aromatic N) is 5. The molecule has 0 atom stereocenters. The van der Waals surface area contributed by atoms with Crippen LogP contribution < -0.4 is 5.32 Å². The Morgan fingerprint density at radius 3 is 2.79 bits per heavy atom. The molecule has 2 N–H and O–H groups in total. The number of carbonyl (C=O) groups excluding carboxylic acids is 1. The van der Waals surface area contributed by atoms with Crippen LogP contribution in [-0.2, 0) is 22.6 Å². The second-order valence-corrected chi connectivity index (χ2v) is 4.32. The Balaban J connectivity index is 2.43. The van der Waals surface area contributed by atoms with Crippen molar-refractivity contribution in [2.75, 3.05) is 27.2 Å². The van der Waals surface area contributed by atoms with E-state index in [4.69, 9.17) is 5.11 Å². The van der Waals surface area contributed by atoms with Crippen LogP contribution in [0.3, 0.4) is 0 Å². The van der Waals surface area contributed by atoms with Gasteiger partial charge in [0.05, 0.1) is 6.42 Å². The highest BCUT2D eigenvalue weighted by Crippen LogP contribution is 1.97. The maximum atomic E-state index is 11.5. The van der Waals surface area contributed by atoms with Gasteiger partial charge in [-0.2, -0.15) is 0 Å². The Labute approximate surface area is 110 Å². The number of carboxylic acid groups (broad SMARTS) is 1. The molecule has 19 heavy (non-hydrogen) atoms. The van der Waals surface area contributed by atoms with Gasteiger partial charge in [0.25, 0.3) is 0 Å². The van der Waals surface area contributed by atoms with E-state index in [2.05, 4.69) is 20.8 Å². The van der Waals surface area contributed by atoms with Crippen LogP contribution >= 0.6 is 0 Å². The lowest BCUT2D eigenvalue weighted by Crippen LogP contribution is -2.31. The van der Waals surface area contributed by atoms with Gasteiger partial charge in [0.1, 0.15) is 6.54 Å². The molecule has 1 amide bonds. The first-order valence-corrected chi connectivity index (χ1v) is 5.87. The highest BCUT2D eigenvalue weighted by atomic mass is 16.4. The van der Waals surface area contributed by atoms with Gasteiger partial charge in [0.2, 0.25) is 5.91 Å². The molecule has 9 nitrogen and oxygen atoms in total. The van der Waals surface area contributed by atoms with E-state index >= 15 is 0 Å². The van der Waals surface area contributed by atoms with Gasteiger partial charge >= 0.3 is 5.97 Å². The largest absolute Gasteiger partial charge is 0.480 e. The van der Waals surface area contributed by atoms with Crippen LogP contribution in [0.25, 0.3) is 0 Å². The summed E-state index contributed by atoms with van der Waals surface area (Å²) in [5, 5.41) is 21.8. The van der Waals surface area contributed by atoms with Crippen LogP contribution in [0.5, 0.6) is 0 Å². The Kier molecular flexibility index (Phi) is 5.86. The molecule has 0 saturated heterocycles. The topological polar surface area (TPSA) is 113 Å². The molecule has 0 spiro atoms. The van der Waals surface area contributed by atoms with E-state index in [1.165, 1.54) is 0 Å². The molecule has 1 heterocycles. The van der Waals surface area contributed by atoms with E-state index in [9.17, 15) is 9.59 Å². The summed E-state index contributed by atoms with van der Waals surface area (Å²) in [6.07, 6.45) is 0.837.